The maximum absolute atomic E-state index is 3.91. The fraction of sp³-hybridized carbons (Fsp3) is 1.00. The molecule has 0 aromatic carbocycles. The van der Waals surface area contributed by atoms with Gasteiger partial charge in [-0.2, -0.15) is 0 Å². The lowest BCUT2D eigenvalue weighted by Gasteiger charge is -2.26. The van der Waals surface area contributed by atoms with E-state index in [0.717, 1.165) is 16.7 Å². The van der Waals surface area contributed by atoms with Crippen molar-refractivity contribution in [2.24, 2.45) is 11.8 Å². The molecular weight excluding hydrogens is 224 g/mol. The van der Waals surface area contributed by atoms with Crippen LogP contribution in [-0.2, 0) is 0 Å². The third kappa shape index (κ3) is 2.49. The Labute approximate surface area is 90.6 Å². The van der Waals surface area contributed by atoms with E-state index < -0.39 is 0 Å². The summed E-state index contributed by atoms with van der Waals surface area (Å²) in [6.07, 6.45) is 13.4. The van der Waals surface area contributed by atoms with Crippen molar-refractivity contribution >= 4 is 15.9 Å². The highest BCUT2D eigenvalue weighted by molar-refractivity contribution is 9.09. The molecule has 0 amide bonds. The van der Waals surface area contributed by atoms with E-state index >= 15 is 0 Å². The number of rotatable bonds is 1. The van der Waals surface area contributed by atoms with Crippen LogP contribution in [0.3, 0.4) is 0 Å². The molecule has 0 saturated heterocycles. The molecule has 0 spiro atoms. The molecular formula is C12H21Br. The third-order valence-electron chi connectivity index (χ3n) is 3.99. The van der Waals surface area contributed by atoms with Crippen molar-refractivity contribution in [2.45, 2.75) is 62.6 Å². The predicted octanol–water partition coefficient (Wildman–Crippen LogP) is 4.52. The van der Waals surface area contributed by atoms with Gasteiger partial charge in [0.2, 0.25) is 0 Å². The Morgan fingerprint density at radius 2 is 1.31 bits per heavy atom. The van der Waals surface area contributed by atoms with Gasteiger partial charge in [0.15, 0.2) is 0 Å². The zero-order valence-corrected chi connectivity index (χ0v) is 10.1. The first-order valence-electron chi connectivity index (χ1n) is 6.02. The van der Waals surface area contributed by atoms with Crippen molar-refractivity contribution < 1.29 is 0 Å². The average molecular weight is 245 g/mol. The normalized spacial score (nSPS) is 37.6. The van der Waals surface area contributed by atoms with E-state index in [1.807, 2.05) is 0 Å². The molecule has 2 unspecified atom stereocenters. The Bertz CT molecular complexity index is 149. The highest BCUT2D eigenvalue weighted by atomic mass is 79.9. The maximum atomic E-state index is 3.91. The van der Waals surface area contributed by atoms with Crippen LogP contribution in [0.15, 0.2) is 0 Å². The summed E-state index contributed by atoms with van der Waals surface area (Å²) >= 11 is 3.91. The van der Waals surface area contributed by atoms with Gasteiger partial charge in [0.05, 0.1) is 0 Å². The van der Waals surface area contributed by atoms with Gasteiger partial charge in [-0.15, -0.1) is 0 Å². The van der Waals surface area contributed by atoms with Crippen LogP contribution in [0.5, 0.6) is 0 Å². The van der Waals surface area contributed by atoms with Crippen molar-refractivity contribution in [1.29, 1.82) is 0 Å². The molecule has 2 saturated carbocycles. The van der Waals surface area contributed by atoms with E-state index in [0.29, 0.717) is 0 Å². The van der Waals surface area contributed by atoms with Crippen molar-refractivity contribution in [3.05, 3.63) is 0 Å². The highest BCUT2D eigenvalue weighted by Crippen LogP contribution is 2.41. The SMILES string of the molecule is BrC1CCCCCC1C1CCCC1. The number of halogens is 1. The maximum Gasteiger partial charge on any atom is 0.0176 e. The van der Waals surface area contributed by atoms with Gasteiger partial charge in [0, 0.05) is 4.83 Å². The van der Waals surface area contributed by atoms with Crippen LogP contribution in [0.4, 0.5) is 0 Å². The predicted molar refractivity (Wildman–Crippen MR) is 61.2 cm³/mol. The molecule has 13 heavy (non-hydrogen) atoms. The second kappa shape index (κ2) is 4.82. The number of hydrogen-bond donors (Lipinski definition) is 0. The standard InChI is InChI=1S/C12H21Br/c13-12-9-3-1-2-8-11(12)10-6-4-5-7-10/h10-12H,1-9H2. The van der Waals surface area contributed by atoms with Crippen LogP contribution in [0.1, 0.15) is 57.8 Å². The smallest absolute Gasteiger partial charge is 0.0176 e. The Balaban J connectivity index is 1.93. The minimum Gasteiger partial charge on any atom is -0.0888 e. The van der Waals surface area contributed by atoms with E-state index in [1.165, 1.54) is 57.8 Å². The van der Waals surface area contributed by atoms with Gasteiger partial charge >= 0.3 is 0 Å². The summed E-state index contributed by atoms with van der Waals surface area (Å²) in [5.41, 5.74) is 0. The summed E-state index contributed by atoms with van der Waals surface area (Å²) in [5, 5.41) is 0. The molecule has 1 heteroatoms. The van der Waals surface area contributed by atoms with Gasteiger partial charge in [-0.3, -0.25) is 0 Å². The molecule has 2 aliphatic carbocycles. The van der Waals surface area contributed by atoms with Crippen molar-refractivity contribution in [1.82, 2.24) is 0 Å². The quantitative estimate of drug-likeness (QED) is 0.470. The monoisotopic (exact) mass is 244 g/mol. The van der Waals surface area contributed by atoms with E-state index in [4.69, 9.17) is 0 Å². The van der Waals surface area contributed by atoms with E-state index in [-0.39, 0.29) is 0 Å². The third-order valence-corrected chi connectivity index (χ3v) is 5.12. The molecule has 0 aliphatic heterocycles. The topological polar surface area (TPSA) is 0 Å². The summed E-state index contributed by atoms with van der Waals surface area (Å²) in [6.45, 7) is 0. The van der Waals surface area contributed by atoms with Crippen LogP contribution in [0.25, 0.3) is 0 Å². The Morgan fingerprint density at radius 1 is 0.692 bits per heavy atom. The molecule has 2 atom stereocenters. The van der Waals surface area contributed by atoms with Crippen LogP contribution in [0.2, 0.25) is 0 Å². The minimum atomic E-state index is 0.845. The zero-order chi connectivity index (χ0) is 9.10. The lowest BCUT2D eigenvalue weighted by atomic mass is 9.85. The number of alkyl halides is 1. The van der Waals surface area contributed by atoms with Gasteiger partial charge < -0.3 is 0 Å². The zero-order valence-electron chi connectivity index (χ0n) is 8.47. The van der Waals surface area contributed by atoms with Gasteiger partial charge in [-0.1, -0.05) is 60.9 Å². The van der Waals surface area contributed by atoms with E-state index in [9.17, 15) is 0 Å². The molecule has 0 N–H and O–H groups in total. The number of hydrogen-bond acceptors (Lipinski definition) is 0. The van der Waals surface area contributed by atoms with Gasteiger partial charge in [-0.25, -0.2) is 0 Å². The fourth-order valence-electron chi connectivity index (χ4n) is 3.21. The molecule has 0 nitrogen and oxygen atoms in total. The molecule has 2 rings (SSSR count). The summed E-state index contributed by atoms with van der Waals surface area (Å²) in [4.78, 5) is 0.845. The molecule has 2 aliphatic rings. The Kier molecular flexibility index (Phi) is 3.71. The van der Waals surface area contributed by atoms with Crippen molar-refractivity contribution in [2.75, 3.05) is 0 Å². The summed E-state index contributed by atoms with van der Waals surface area (Å²) in [6, 6.07) is 0. The molecule has 2 fully saturated rings. The van der Waals surface area contributed by atoms with Gasteiger partial charge in [-0.05, 0) is 24.7 Å². The van der Waals surface area contributed by atoms with Crippen LogP contribution < -0.4 is 0 Å². The summed E-state index contributed by atoms with van der Waals surface area (Å²) in [5.74, 6) is 2.09. The van der Waals surface area contributed by atoms with Crippen LogP contribution in [0, 0.1) is 11.8 Å². The Morgan fingerprint density at radius 3 is 2.08 bits per heavy atom. The first kappa shape index (κ1) is 10.0. The molecule has 76 valence electrons. The van der Waals surface area contributed by atoms with Crippen LogP contribution >= 0.6 is 15.9 Å². The second-order valence-electron chi connectivity index (χ2n) is 4.86. The van der Waals surface area contributed by atoms with E-state index in [2.05, 4.69) is 15.9 Å². The second-order valence-corrected chi connectivity index (χ2v) is 6.04. The minimum absolute atomic E-state index is 0.845. The largest absolute Gasteiger partial charge is 0.0888 e. The van der Waals surface area contributed by atoms with E-state index in [1.54, 1.807) is 0 Å². The molecule has 0 heterocycles. The van der Waals surface area contributed by atoms with Gasteiger partial charge in [0.1, 0.15) is 0 Å². The average Bonchev–Trinajstić information content (AvgIpc) is 2.56. The first-order chi connectivity index (χ1) is 6.38. The fourth-order valence-corrected chi connectivity index (χ4v) is 4.23. The molecule has 0 radical (unpaired) electrons. The van der Waals surface area contributed by atoms with Crippen molar-refractivity contribution in [3.8, 4) is 0 Å². The molecule has 0 aromatic rings. The Hall–Kier alpha value is 0.480. The molecule has 0 aromatic heterocycles. The van der Waals surface area contributed by atoms with Gasteiger partial charge in [0.25, 0.3) is 0 Å². The van der Waals surface area contributed by atoms with Crippen molar-refractivity contribution in [3.63, 3.8) is 0 Å². The lowest BCUT2D eigenvalue weighted by Crippen LogP contribution is -2.20. The highest BCUT2D eigenvalue weighted by Gasteiger charge is 2.30. The lowest BCUT2D eigenvalue weighted by molar-refractivity contribution is 0.315. The summed E-state index contributed by atoms with van der Waals surface area (Å²) < 4.78 is 0. The van der Waals surface area contributed by atoms with Crippen LogP contribution in [-0.4, -0.2) is 4.83 Å². The first-order valence-corrected chi connectivity index (χ1v) is 6.93. The molecule has 0 bridgehead atoms. The summed E-state index contributed by atoms with van der Waals surface area (Å²) in [7, 11) is 0.